The first-order valence-electron chi connectivity index (χ1n) is 6.04. The first kappa shape index (κ1) is 12.6. The average Bonchev–Trinajstić information content (AvgIpc) is 2.73. The second kappa shape index (κ2) is 4.79. The SMILES string of the molecule is CC1(C(=O)O)CCCN1Cc1cccc(C#N)c1. The lowest BCUT2D eigenvalue weighted by Crippen LogP contribution is -2.47. The van der Waals surface area contributed by atoms with Crippen LogP contribution in [0.25, 0.3) is 0 Å². The highest BCUT2D eigenvalue weighted by Gasteiger charge is 2.43. The van der Waals surface area contributed by atoms with Crippen LogP contribution in [0, 0.1) is 11.3 Å². The summed E-state index contributed by atoms with van der Waals surface area (Å²) >= 11 is 0. The van der Waals surface area contributed by atoms with Gasteiger partial charge in [-0.2, -0.15) is 5.26 Å². The summed E-state index contributed by atoms with van der Waals surface area (Å²) < 4.78 is 0. The molecule has 0 saturated carbocycles. The van der Waals surface area contributed by atoms with Gasteiger partial charge < -0.3 is 5.11 Å². The molecule has 1 aromatic rings. The number of carboxylic acid groups (broad SMARTS) is 1. The van der Waals surface area contributed by atoms with Gasteiger partial charge in [-0.25, -0.2) is 0 Å². The van der Waals surface area contributed by atoms with E-state index in [9.17, 15) is 9.90 Å². The van der Waals surface area contributed by atoms with Gasteiger partial charge in [-0.3, -0.25) is 9.69 Å². The maximum atomic E-state index is 11.4. The van der Waals surface area contributed by atoms with Gasteiger partial charge in [0.05, 0.1) is 11.6 Å². The highest BCUT2D eigenvalue weighted by atomic mass is 16.4. The number of likely N-dealkylation sites (tertiary alicyclic amines) is 1. The molecule has 1 atom stereocenters. The Morgan fingerprint density at radius 2 is 2.39 bits per heavy atom. The van der Waals surface area contributed by atoms with Gasteiger partial charge in [0.15, 0.2) is 0 Å². The van der Waals surface area contributed by atoms with Gasteiger partial charge in [0.2, 0.25) is 0 Å². The fourth-order valence-corrected chi connectivity index (χ4v) is 2.47. The van der Waals surface area contributed by atoms with E-state index in [0.717, 1.165) is 18.5 Å². The Balaban J connectivity index is 2.18. The monoisotopic (exact) mass is 244 g/mol. The summed E-state index contributed by atoms with van der Waals surface area (Å²) in [5.74, 6) is -0.767. The molecule has 0 aliphatic carbocycles. The van der Waals surface area contributed by atoms with E-state index < -0.39 is 11.5 Å². The Kier molecular flexibility index (Phi) is 3.35. The summed E-state index contributed by atoms with van der Waals surface area (Å²) in [6.07, 6.45) is 1.58. The summed E-state index contributed by atoms with van der Waals surface area (Å²) in [5, 5.41) is 18.2. The van der Waals surface area contributed by atoms with Crippen molar-refractivity contribution in [2.75, 3.05) is 6.54 Å². The molecule has 2 rings (SSSR count). The molecule has 1 aliphatic rings. The van der Waals surface area contributed by atoms with Crippen LogP contribution >= 0.6 is 0 Å². The van der Waals surface area contributed by atoms with Crippen LogP contribution < -0.4 is 0 Å². The Bertz CT molecular complexity index is 507. The molecule has 0 radical (unpaired) electrons. The van der Waals surface area contributed by atoms with Crippen molar-refractivity contribution in [2.45, 2.75) is 31.8 Å². The van der Waals surface area contributed by atoms with Crippen molar-refractivity contribution in [1.82, 2.24) is 4.90 Å². The van der Waals surface area contributed by atoms with Crippen molar-refractivity contribution < 1.29 is 9.90 Å². The van der Waals surface area contributed by atoms with Crippen molar-refractivity contribution in [3.63, 3.8) is 0 Å². The number of nitriles is 1. The van der Waals surface area contributed by atoms with Crippen molar-refractivity contribution in [1.29, 1.82) is 5.26 Å². The molecule has 4 nitrogen and oxygen atoms in total. The maximum absolute atomic E-state index is 11.4. The summed E-state index contributed by atoms with van der Waals surface area (Å²) in [7, 11) is 0. The average molecular weight is 244 g/mol. The lowest BCUT2D eigenvalue weighted by Gasteiger charge is -2.31. The topological polar surface area (TPSA) is 64.3 Å². The van der Waals surface area contributed by atoms with Crippen LogP contribution in [0.3, 0.4) is 0 Å². The van der Waals surface area contributed by atoms with Crippen molar-refractivity contribution in [2.24, 2.45) is 0 Å². The van der Waals surface area contributed by atoms with Crippen molar-refractivity contribution >= 4 is 5.97 Å². The molecule has 1 N–H and O–H groups in total. The van der Waals surface area contributed by atoms with E-state index in [4.69, 9.17) is 5.26 Å². The maximum Gasteiger partial charge on any atom is 0.323 e. The Morgan fingerprint density at radius 3 is 3.06 bits per heavy atom. The van der Waals surface area contributed by atoms with Gasteiger partial charge in [0.25, 0.3) is 0 Å². The third-order valence-corrected chi connectivity index (χ3v) is 3.68. The van der Waals surface area contributed by atoms with Gasteiger partial charge in [-0.15, -0.1) is 0 Å². The molecule has 0 bridgehead atoms. The molecule has 4 heteroatoms. The van der Waals surface area contributed by atoms with Gasteiger partial charge >= 0.3 is 5.97 Å². The standard InChI is InChI=1S/C14H16N2O2/c1-14(13(17)18)6-3-7-16(14)10-12-5-2-4-11(8-12)9-15/h2,4-5,8H,3,6-7,10H2,1H3,(H,17,18). The minimum atomic E-state index is -0.775. The predicted octanol–water partition coefficient (Wildman–Crippen LogP) is 2.00. The molecule has 94 valence electrons. The zero-order valence-corrected chi connectivity index (χ0v) is 10.4. The van der Waals surface area contributed by atoms with Crippen LogP contribution in [0.2, 0.25) is 0 Å². The van der Waals surface area contributed by atoms with Crippen LogP contribution in [0.1, 0.15) is 30.9 Å². The van der Waals surface area contributed by atoms with Crippen LogP contribution in [-0.2, 0) is 11.3 Å². The van der Waals surface area contributed by atoms with Crippen LogP contribution in [0.4, 0.5) is 0 Å². The third-order valence-electron chi connectivity index (χ3n) is 3.68. The Hall–Kier alpha value is -1.86. The minimum absolute atomic E-state index is 0.582. The van der Waals surface area contributed by atoms with E-state index in [1.165, 1.54) is 0 Å². The molecule has 0 aromatic heterocycles. The van der Waals surface area contributed by atoms with Gasteiger partial charge in [-0.05, 0) is 44.0 Å². The Labute approximate surface area is 106 Å². The summed E-state index contributed by atoms with van der Waals surface area (Å²) in [4.78, 5) is 13.3. The van der Waals surface area contributed by atoms with E-state index in [-0.39, 0.29) is 0 Å². The molecule has 1 saturated heterocycles. The number of carboxylic acids is 1. The number of carbonyl (C=O) groups is 1. The first-order chi connectivity index (χ1) is 8.56. The van der Waals surface area contributed by atoms with E-state index in [2.05, 4.69) is 6.07 Å². The van der Waals surface area contributed by atoms with Gasteiger partial charge in [0.1, 0.15) is 5.54 Å². The van der Waals surface area contributed by atoms with E-state index in [1.54, 1.807) is 13.0 Å². The van der Waals surface area contributed by atoms with E-state index in [0.29, 0.717) is 18.5 Å². The van der Waals surface area contributed by atoms with E-state index >= 15 is 0 Å². The Morgan fingerprint density at radius 1 is 1.61 bits per heavy atom. The smallest absolute Gasteiger partial charge is 0.323 e. The zero-order valence-electron chi connectivity index (χ0n) is 10.4. The molecule has 18 heavy (non-hydrogen) atoms. The van der Waals surface area contributed by atoms with Crippen LogP contribution in [-0.4, -0.2) is 28.1 Å². The number of aliphatic carboxylic acids is 1. The molecule has 1 unspecified atom stereocenters. The number of benzene rings is 1. The third kappa shape index (κ3) is 2.22. The largest absolute Gasteiger partial charge is 0.480 e. The lowest BCUT2D eigenvalue weighted by molar-refractivity contribution is -0.148. The molecule has 1 aliphatic heterocycles. The molecule has 1 fully saturated rings. The second-order valence-electron chi connectivity index (χ2n) is 4.92. The fourth-order valence-electron chi connectivity index (χ4n) is 2.47. The molecule has 1 heterocycles. The predicted molar refractivity (Wildman–Crippen MR) is 66.8 cm³/mol. The van der Waals surface area contributed by atoms with E-state index in [1.807, 2.05) is 23.1 Å². The zero-order chi connectivity index (χ0) is 13.2. The quantitative estimate of drug-likeness (QED) is 0.883. The molecular weight excluding hydrogens is 228 g/mol. The highest BCUT2D eigenvalue weighted by molar-refractivity contribution is 5.78. The number of hydrogen-bond donors (Lipinski definition) is 1. The summed E-state index contributed by atoms with van der Waals surface area (Å²) in [5.41, 5.74) is 0.829. The number of rotatable bonds is 3. The molecular formula is C14H16N2O2. The van der Waals surface area contributed by atoms with Gasteiger partial charge in [0, 0.05) is 6.54 Å². The molecule has 1 aromatic carbocycles. The van der Waals surface area contributed by atoms with Crippen molar-refractivity contribution in [3.05, 3.63) is 35.4 Å². The highest BCUT2D eigenvalue weighted by Crippen LogP contribution is 2.30. The number of hydrogen-bond acceptors (Lipinski definition) is 3. The van der Waals surface area contributed by atoms with Crippen LogP contribution in [0.15, 0.2) is 24.3 Å². The lowest BCUT2D eigenvalue weighted by atomic mass is 9.98. The first-order valence-corrected chi connectivity index (χ1v) is 6.04. The van der Waals surface area contributed by atoms with Gasteiger partial charge in [-0.1, -0.05) is 12.1 Å². The minimum Gasteiger partial charge on any atom is -0.480 e. The second-order valence-corrected chi connectivity index (χ2v) is 4.92. The van der Waals surface area contributed by atoms with Crippen molar-refractivity contribution in [3.8, 4) is 6.07 Å². The normalized spacial score (nSPS) is 23.8. The summed E-state index contributed by atoms with van der Waals surface area (Å²) in [6.45, 7) is 3.15. The summed E-state index contributed by atoms with van der Waals surface area (Å²) in [6, 6.07) is 9.44. The molecule has 0 spiro atoms. The number of nitrogens with zero attached hydrogens (tertiary/aromatic N) is 2. The van der Waals surface area contributed by atoms with Crippen LogP contribution in [0.5, 0.6) is 0 Å². The fraction of sp³-hybridized carbons (Fsp3) is 0.429. The molecule has 0 amide bonds.